The molecule has 0 spiro atoms. The molecule has 0 fully saturated rings. The van der Waals surface area contributed by atoms with Crippen LogP contribution in [0.5, 0.6) is 0 Å². The molecule has 1 unspecified atom stereocenters. The normalized spacial score (nSPS) is 16.8. The van der Waals surface area contributed by atoms with E-state index in [2.05, 4.69) is 81.4 Å². The van der Waals surface area contributed by atoms with E-state index in [9.17, 15) is 0 Å². The summed E-state index contributed by atoms with van der Waals surface area (Å²) in [5, 5.41) is 6.86. The average Bonchev–Trinajstić information content (AvgIpc) is 3.16. The molecule has 0 N–H and O–H groups in total. The minimum absolute atomic E-state index is 0.147. The van der Waals surface area contributed by atoms with E-state index < -0.39 is 0 Å². The summed E-state index contributed by atoms with van der Waals surface area (Å²) in [5.41, 5.74) is 4.34. The predicted molar refractivity (Wildman–Crippen MR) is 110 cm³/mol. The Balaban J connectivity index is 1.64. The van der Waals surface area contributed by atoms with E-state index in [4.69, 9.17) is 9.84 Å². The van der Waals surface area contributed by atoms with Crippen molar-refractivity contribution in [3.63, 3.8) is 0 Å². The van der Waals surface area contributed by atoms with Crippen LogP contribution in [0.25, 0.3) is 11.1 Å². The summed E-state index contributed by atoms with van der Waals surface area (Å²) >= 11 is 0. The van der Waals surface area contributed by atoms with E-state index in [-0.39, 0.29) is 11.8 Å². The lowest BCUT2D eigenvalue weighted by Crippen LogP contribution is -2.38. The highest BCUT2D eigenvalue weighted by atomic mass is 16.5. The van der Waals surface area contributed by atoms with E-state index in [1.54, 1.807) is 0 Å². The summed E-state index contributed by atoms with van der Waals surface area (Å²) in [4.78, 5) is 0. The van der Waals surface area contributed by atoms with Crippen LogP contribution in [0.4, 0.5) is 0 Å². The first-order valence-corrected chi connectivity index (χ1v) is 9.28. The summed E-state index contributed by atoms with van der Waals surface area (Å²) in [6, 6.07) is 29.0. The summed E-state index contributed by atoms with van der Waals surface area (Å²) in [5.74, 6) is 0.665. The Morgan fingerprint density at radius 3 is 1.81 bits per heavy atom. The molecule has 3 aromatic rings. The molecular weight excluding hydrogens is 332 g/mol. The van der Waals surface area contributed by atoms with Crippen LogP contribution in [-0.2, 0) is 4.74 Å². The molecule has 3 nitrogen and oxygen atoms in total. The Labute approximate surface area is 160 Å². The highest BCUT2D eigenvalue weighted by molar-refractivity contribution is 5.95. The largest absolute Gasteiger partial charge is 0.446 e. The Morgan fingerprint density at radius 1 is 0.704 bits per heavy atom. The number of rotatable bonds is 3. The van der Waals surface area contributed by atoms with Gasteiger partial charge in [0.15, 0.2) is 0 Å². The number of hydrazone groups is 1. The van der Waals surface area contributed by atoms with Gasteiger partial charge >= 0.3 is 0 Å². The standard InChI is InChI=1S/C24H24N2O/c1-24(2,3)26-23(21-12-8-5-9-13-21)27-22(25-26)20-16-14-19(15-17-20)18-10-6-4-7-11-18/h4-17,23H,1-3H3. The second-order valence-electron chi connectivity index (χ2n) is 7.74. The van der Waals surface area contributed by atoms with Crippen LogP contribution in [-0.4, -0.2) is 16.4 Å². The number of ether oxygens (including phenoxy) is 1. The lowest BCUT2D eigenvalue weighted by molar-refractivity contribution is -0.00720. The fourth-order valence-corrected chi connectivity index (χ4v) is 3.22. The maximum absolute atomic E-state index is 6.29. The lowest BCUT2D eigenvalue weighted by Gasteiger charge is -2.33. The van der Waals surface area contributed by atoms with Crippen LogP contribution in [0.3, 0.4) is 0 Å². The zero-order chi connectivity index (χ0) is 18.9. The maximum atomic E-state index is 6.29. The SMILES string of the molecule is CC(C)(C)N1N=C(c2ccc(-c3ccccc3)cc2)OC1c1ccccc1. The van der Waals surface area contributed by atoms with Gasteiger partial charge in [0.25, 0.3) is 0 Å². The van der Waals surface area contributed by atoms with Gasteiger partial charge in [0, 0.05) is 11.1 Å². The van der Waals surface area contributed by atoms with Crippen molar-refractivity contribution in [2.24, 2.45) is 5.10 Å². The van der Waals surface area contributed by atoms with Gasteiger partial charge < -0.3 is 4.74 Å². The van der Waals surface area contributed by atoms with Gasteiger partial charge in [0.05, 0.1) is 5.54 Å². The van der Waals surface area contributed by atoms with Crippen molar-refractivity contribution in [3.8, 4) is 11.1 Å². The maximum Gasteiger partial charge on any atom is 0.240 e. The van der Waals surface area contributed by atoms with Gasteiger partial charge in [-0.2, -0.15) is 0 Å². The summed E-state index contributed by atoms with van der Waals surface area (Å²) in [6.45, 7) is 6.45. The van der Waals surface area contributed by atoms with E-state index >= 15 is 0 Å². The molecule has 136 valence electrons. The van der Waals surface area contributed by atoms with Crippen LogP contribution in [0.15, 0.2) is 90.0 Å². The molecular formula is C24H24N2O. The number of nitrogens with zero attached hydrogens (tertiary/aromatic N) is 2. The minimum atomic E-state index is -0.213. The average molecular weight is 356 g/mol. The molecule has 4 rings (SSSR count). The monoisotopic (exact) mass is 356 g/mol. The molecule has 0 aromatic heterocycles. The highest BCUT2D eigenvalue weighted by Crippen LogP contribution is 2.35. The van der Waals surface area contributed by atoms with E-state index in [0.29, 0.717) is 5.90 Å². The summed E-state index contributed by atoms with van der Waals surface area (Å²) in [6.07, 6.45) is -0.213. The molecule has 0 amide bonds. The third-order valence-electron chi connectivity index (χ3n) is 4.65. The molecule has 0 radical (unpaired) electrons. The second-order valence-corrected chi connectivity index (χ2v) is 7.74. The van der Waals surface area contributed by atoms with Crippen LogP contribution < -0.4 is 0 Å². The van der Waals surface area contributed by atoms with Crippen molar-refractivity contribution in [2.45, 2.75) is 32.5 Å². The highest BCUT2D eigenvalue weighted by Gasteiger charge is 2.37. The quantitative estimate of drug-likeness (QED) is 0.588. The topological polar surface area (TPSA) is 24.8 Å². The molecule has 3 aromatic carbocycles. The fraction of sp³-hybridized carbons (Fsp3) is 0.208. The molecule has 0 saturated heterocycles. The van der Waals surface area contributed by atoms with Crippen molar-refractivity contribution < 1.29 is 4.74 Å². The third-order valence-corrected chi connectivity index (χ3v) is 4.65. The van der Waals surface area contributed by atoms with Crippen molar-refractivity contribution in [1.29, 1.82) is 0 Å². The number of benzene rings is 3. The van der Waals surface area contributed by atoms with Crippen LogP contribution in [0.1, 0.15) is 38.1 Å². The first-order chi connectivity index (χ1) is 13.0. The van der Waals surface area contributed by atoms with Crippen molar-refractivity contribution in [1.82, 2.24) is 5.01 Å². The Morgan fingerprint density at radius 2 is 1.22 bits per heavy atom. The van der Waals surface area contributed by atoms with Gasteiger partial charge in [0.2, 0.25) is 12.1 Å². The zero-order valence-electron chi connectivity index (χ0n) is 16.0. The number of hydrogen-bond acceptors (Lipinski definition) is 3. The van der Waals surface area contributed by atoms with Crippen LogP contribution in [0.2, 0.25) is 0 Å². The fourth-order valence-electron chi connectivity index (χ4n) is 3.22. The Kier molecular flexibility index (Phi) is 4.44. The molecule has 3 heteroatoms. The summed E-state index contributed by atoms with van der Waals surface area (Å²) < 4.78 is 6.29. The van der Waals surface area contributed by atoms with E-state index in [1.165, 1.54) is 11.1 Å². The van der Waals surface area contributed by atoms with E-state index in [1.807, 2.05) is 29.3 Å². The van der Waals surface area contributed by atoms with Gasteiger partial charge in [-0.05, 0) is 44.0 Å². The van der Waals surface area contributed by atoms with Gasteiger partial charge in [-0.25, -0.2) is 5.01 Å². The molecule has 1 heterocycles. The first kappa shape index (κ1) is 17.3. The van der Waals surface area contributed by atoms with Crippen LogP contribution in [0, 0.1) is 0 Å². The second kappa shape index (κ2) is 6.92. The van der Waals surface area contributed by atoms with Crippen molar-refractivity contribution in [3.05, 3.63) is 96.1 Å². The van der Waals surface area contributed by atoms with Crippen molar-refractivity contribution in [2.75, 3.05) is 0 Å². The van der Waals surface area contributed by atoms with Gasteiger partial charge in [-0.1, -0.05) is 72.8 Å². The van der Waals surface area contributed by atoms with Crippen LogP contribution >= 0.6 is 0 Å². The molecule has 0 saturated carbocycles. The predicted octanol–water partition coefficient (Wildman–Crippen LogP) is 5.84. The third kappa shape index (κ3) is 3.59. The van der Waals surface area contributed by atoms with Gasteiger partial charge in [0.1, 0.15) is 0 Å². The van der Waals surface area contributed by atoms with Crippen molar-refractivity contribution >= 4 is 5.90 Å². The van der Waals surface area contributed by atoms with E-state index in [0.717, 1.165) is 11.1 Å². The van der Waals surface area contributed by atoms with Gasteiger partial charge in [-0.15, -0.1) is 5.10 Å². The molecule has 27 heavy (non-hydrogen) atoms. The molecule has 1 aliphatic rings. The number of hydrogen-bond donors (Lipinski definition) is 0. The lowest BCUT2D eigenvalue weighted by atomic mass is 10.0. The smallest absolute Gasteiger partial charge is 0.240 e. The molecule has 0 aliphatic carbocycles. The zero-order valence-corrected chi connectivity index (χ0v) is 16.0. The molecule has 0 bridgehead atoms. The molecule has 1 atom stereocenters. The molecule has 1 aliphatic heterocycles. The Bertz CT molecular complexity index is 926. The minimum Gasteiger partial charge on any atom is -0.446 e. The van der Waals surface area contributed by atoms with Gasteiger partial charge in [-0.3, -0.25) is 0 Å². The summed E-state index contributed by atoms with van der Waals surface area (Å²) in [7, 11) is 0. The first-order valence-electron chi connectivity index (χ1n) is 9.28. The Hall–Kier alpha value is -3.07.